The summed E-state index contributed by atoms with van der Waals surface area (Å²) in [6, 6.07) is 12.7. The van der Waals surface area contributed by atoms with Gasteiger partial charge in [-0.15, -0.1) is 0 Å². The van der Waals surface area contributed by atoms with Gasteiger partial charge >= 0.3 is 0 Å². The first kappa shape index (κ1) is 23.1. The number of Topliss-reactive ketones (excluding diaryl/α,β-unsaturated/α-hetero) is 1. The molecule has 5 heteroatoms. The number of hydrogen-bond donors (Lipinski definition) is 1. The minimum absolute atomic E-state index is 0.00667. The van der Waals surface area contributed by atoms with Gasteiger partial charge in [0.1, 0.15) is 11.5 Å². The molecule has 174 valence electrons. The van der Waals surface area contributed by atoms with Crippen molar-refractivity contribution < 1.29 is 19.4 Å². The van der Waals surface area contributed by atoms with Crippen LogP contribution < -0.4 is 4.74 Å². The van der Waals surface area contributed by atoms with E-state index in [0.29, 0.717) is 5.56 Å². The van der Waals surface area contributed by atoms with E-state index in [2.05, 4.69) is 13.8 Å². The Morgan fingerprint density at radius 2 is 1.76 bits per heavy atom. The zero-order valence-corrected chi connectivity index (χ0v) is 19.9. The Morgan fingerprint density at radius 1 is 1.06 bits per heavy atom. The first-order chi connectivity index (χ1) is 15.8. The maximum atomic E-state index is 13.4. The van der Waals surface area contributed by atoms with Gasteiger partial charge in [0.05, 0.1) is 18.7 Å². The Labute approximate surface area is 196 Å². The fourth-order valence-electron chi connectivity index (χ4n) is 5.27. The van der Waals surface area contributed by atoms with Gasteiger partial charge in [-0.3, -0.25) is 9.59 Å². The van der Waals surface area contributed by atoms with Gasteiger partial charge in [-0.25, -0.2) is 0 Å². The van der Waals surface area contributed by atoms with E-state index in [1.807, 2.05) is 43.3 Å². The summed E-state index contributed by atoms with van der Waals surface area (Å²) in [4.78, 5) is 28.5. The highest BCUT2D eigenvalue weighted by Crippen LogP contribution is 2.44. The molecule has 1 heterocycles. The molecule has 1 aliphatic heterocycles. The number of aryl methyl sites for hydroxylation is 1. The number of benzene rings is 2. The van der Waals surface area contributed by atoms with E-state index in [0.717, 1.165) is 54.5 Å². The first-order valence-electron chi connectivity index (χ1n) is 11.9. The topological polar surface area (TPSA) is 66.8 Å². The van der Waals surface area contributed by atoms with Crippen LogP contribution in [0.5, 0.6) is 5.75 Å². The minimum atomic E-state index is -0.603. The van der Waals surface area contributed by atoms with Gasteiger partial charge in [0.25, 0.3) is 11.7 Å². The predicted molar refractivity (Wildman–Crippen MR) is 129 cm³/mol. The van der Waals surface area contributed by atoms with Crippen molar-refractivity contribution in [3.8, 4) is 5.75 Å². The quantitative estimate of drug-likeness (QED) is 0.353. The average Bonchev–Trinajstić information content (AvgIpc) is 3.09. The normalized spacial score (nSPS) is 21.1. The van der Waals surface area contributed by atoms with Gasteiger partial charge < -0.3 is 14.7 Å². The largest absolute Gasteiger partial charge is 0.507 e. The van der Waals surface area contributed by atoms with Crippen LogP contribution in [0, 0.1) is 6.92 Å². The van der Waals surface area contributed by atoms with Gasteiger partial charge in [-0.05, 0) is 60.6 Å². The maximum absolute atomic E-state index is 13.4. The van der Waals surface area contributed by atoms with E-state index in [-0.39, 0.29) is 23.3 Å². The summed E-state index contributed by atoms with van der Waals surface area (Å²) in [7, 11) is 1.62. The molecule has 0 bridgehead atoms. The van der Waals surface area contributed by atoms with Crippen molar-refractivity contribution in [3.05, 3.63) is 70.3 Å². The molecule has 0 radical (unpaired) electrons. The molecular formula is C28H33NO4. The molecule has 1 saturated carbocycles. The molecule has 2 aromatic carbocycles. The molecule has 1 unspecified atom stereocenters. The third-order valence-corrected chi connectivity index (χ3v) is 7.06. The lowest BCUT2D eigenvalue weighted by molar-refractivity contribution is -0.141. The minimum Gasteiger partial charge on any atom is -0.507 e. The molecule has 2 aliphatic rings. The van der Waals surface area contributed by atoms with E-state index >= 15 is 0 Å². The van der Waals surface area contributed by atoms with Crippen LogP contribution in [0.3, 0.4) is 0 Å². The van der Waals surface area contributed by atoms with Crippen LogP contribution in [0.2, 0.25) is 0 Å². The summed E-state index contributed by atoms with van der Waals surface area (Å²) in [5.74, 6) is -0.323. The Hall–Kier alpha value is -3.08. The van der Waals surface area contributed by atoms with Crippen molar-refractivity contribution in [3.63, 3.8) is 0 Å². The Morgan fingerprint density at radius 3 is 2.39 bits per heavy atom. The third kappa shape index (κ3) is 4.17. The zero-order chi connectivity index (χ0) is 23.7. The van der Waals surface area contributed by atoms with Crippen LogP contribution in [0.4, 0.5) is 0 Å². The molecular weight excluding hydrogens is 414 g/mol. The number of rotatable bonds is 5. The van der Waals surface area contributed by atoms with E-state index < -0.39 is 17.7 Å². The number of aliphatic hydroxyl groups is 1. The second-order valence-electron chi connectivity index (χ2n) is 9.47. The highest BCUT2D eigenvalue weighted by atomic mass is 16.5. The molecule has 2 fully saturated rings. The van der Waals surface area contributed by atoms with E-state index in [4.69, 9.17) is 4.74 Å². The van der Waals surface area contributed by atoms with Crippen molar-refractivity contribution in [2.45, 2.75) is 70.9 Å². The van der Waals surface area contributed by atoms with Gasteiger partial charge in [0.2, 0.25) is 0 Å². The highest BCUT2D eigenvalue weighted by Gasteiger charge is 2.49. The summed E-state index contributed by atoms with van der Waals surface area (Å²) in [6.07, 6.45) is 5.01. The third-order valence-electron chi connectivity index (χ3n) is 7.06. The molecule has 1 aliphatic carbocycles. The number of amides is 1. The second kappa shape index (κ2) is 9.42. The van der Waals surface area contributed by atoms with Gasteiger partial charge in [0.15, 0.2) is 0 Å². The van der Waals surface area contributed by atoms with E-state index in [1.165, 1.54) is 0 Å². The monoisotopic (exact) mass is 447 g/mol. The fraction of sp³-hybridized carbons (Fsp3) is 0.429. The lowest BCUT2D eigenvalue weighted by atomic mass is 9.89. The van der Waals surface area contributed by atoms with Crippen LogP contribution >= 0.6 is 0 Å². The fourth-order valence-corrected chi connectivity index (χ4v) is 5.27. The Bertz CT molecular complexity index is 1090. The predicted octanol–water partition coefficient (Wildman–Crippen LogP) is 5.88. The molecule has 0 spiro atoms. The van der Waals surface area contributed by atoms with Crippen molar-refractivity contribution in [2.75, 3.05) is 7.11 Å². The molecule has 1 atom stereocenters. The number of ether oxygens (including phenoxy) is 1. The molecule has 1 saturated heterocycles. The van der Waals surface area contributed by atoms with Crippen molar-refractivity contribution in [1.29, 1.82) is 0 Å². The second-order valence-corrected chi connectivity index (χ2v) is 9.47. The number of carbonyl (C=O) groups is 2. The molecule has 1 amide bonds. The standard InChI is InChI=1S/C28H33NO4/c1-17(2)22-16-19(14-15-23(22)33-4)26(30)24-25(21-13-9-8-10-18(21)3)29(28(32)27(24)31)20-11-6-5-7-12-20/h8-10,13-17,20,25,30H,5-7,11-12H2,1-4H3/b26-24+. The van der Waals surface area contributed by atoms with Crippen molar-refractivity contribution in [1.82, 2.24) is 4.90 Å². The van der Waals surface area contributed by atoms with Crippen LogP contribution in [0.25, 0.3) is 5.76 Å². The van der Waals surface area contributed by atoms with Crippen molar-refractivity contribution >= 4 is 17.4 Å². The van der Waals surface area contributed by atoms with Gasteiger partial charge in [-0.1, -0.05) is 57.4 Å². The van der Waals surface area contributed by atoms with Crippen LogP contribution in [-0.2, 0) is 9.59 Å². The number of hydrogen-bond acceptors (Lipinski definition) is 4. The average molecular weight is 448 g/mol. The van der Waals surface area contributed by atoms with Gasteiger partial charge in [-0.2, -0.15) is 0 Å². The van der Waals surface area contributed by atoms with Crippen molar-refractivity contribution in [2.24, 2.45) is 0 Å². The first-order valence-corrected chi connectivity index (χ1v) is 11.9. The maximum Gasteiger partial charge on any atom is 0.295 e. The number of aliphatic hydroxyl groups excluding tert-OH is 1. The number of nitrogens with zero attached hydrogens (tertiary/aromatic N) is 1. The summed E-state index contributed by atoms with van der Waals surface area (Å²) in [5.41, 5.74) is 3.53. The Kier molecular flexibility index (Phi) is 6.59. The summed E-state index contributed by atoms with van der Waals surface area (Å²) in [6.45, 7) is 6.09. The summed E-state index contributed by atoms with van der Waals surface area (Å²) >= 11 is 0. The van der Waals surface area contributed by atoms with Crippen LogP contribution in [0.15, 0.2) is 48.0 Å². The van der Waals surface area contributed by atoms with E-state index in [1.54, 1.807) is 18.1 Å². The number of ketones is 1. The van der Waals surface area contributed by atoms with E-state index in [9.17, 15) is 14.7 Å². The SMILES string of the molecule is COc1ccc(/C(O)=C2\C(=O)C(=O)N(C3CCCCC3)C2c2ccccc2C)cc1C(C)C. The van der Waals surface area contributed by atoms with Crippen LogP contribution in [-0.4, -0.2) is 34.8 Å². The molecule has 1 N–H and O–H groups in total. The molecule has 2 aromatic rings. The molecule has 4 rings (SSSR count). The summed E-state index contributed by atoms with van der Waals surface area (Å²) < 4.78 is 5.48. The number of methoxy groups -OCH3 is 1. The summed E-state index contributed by atoms with van der Waals surface area (Å²) in [5, 5.41) is 11.5. The van der Waals surface area contributed by atoms with Crippen LogP contribution in [0.1, 0.15) is 80.2 Å². The lowest BCUT2D eigenvalue weighted by Gasteiger charge is -2.36. The Balaban J connectivity index is 1.90. The number of likely N-dealkylation sites (tertiary alicyclic amines) is 1. The molecule has 5 nitrogen and oxygen atoms in total. The molecule has 0 aromatic heterocycles. The van der Waals surface area contributed by atoms with Gasteiger partial charge in [0, 0.05) is 11.6 Å². The lowest BCUT2D eigenvalue weighted by Crippen LogP contribution is -2.40. The number of carbonyl (C=O) groups excluding carboxylic acids is 2. The highest BCUT2D eigenvalue weighted by molar-refractivity contribution is 6.46. The molecule has 33 heavy (non-hydrogen) atoms. The zero-order valence-electron chi connectivity index (χ0n) is 19.9. The smallest absolute Gasteiger partial charge is 0.295 e.